The Labute approximate surface area is 75.7 Å². The van der Waals surface area contributed by atoms with E-state index in [1.807, 2.05) is 0 Å². The van der Waals surface area contributed by atoms with E-state index < -0.39 is 0 Å². The molecule has 12 heavy (non-hydrogen) atoms. The molecule has 0 aliphatic carbocycles. The summed E-state index contributed by atoms with van der Waals surface area (Å²) in [4.78, 5) is 0. The second-order valence-corrected chi connectivity index (χ2v) is 5.32. The van der Waals surface area contributed by atoms with Crippen LogP contribution in [0.5, 0.6) is 0 Å². The van der Waals surface area contributed by atoms with Gasteiger partial charge in [-0.15, -0.1) is 0 Å². The van der Waals surface area contributed by atoms with Crippen molar-refractivity contribution in [2.24, 2.45) is 5.41 Å². The fourth-order valence-electron chi connectivity index (χ4n) is 2.14. The summed E-state index contributed by atoms with van der Waals surface area (Å²) >= 11 is 0. The molecule has 1 fully saturated rings. The molecule has 1 aliphatic rings. The molecule has 72 valence electrons. The van der Waals surface area contributed by atoms with E-state index in [2.05, 4.69) is 20.8 Å². The van der Waals surface area contributed by atoms with E-state index in [-0.39, 0.29) is 5.41 Å². The molecule has 1 saturated heterocycles. The molecular formula is C10H22NO+. The lowest BCUT2D eigenvalue weighted by atomic mass is 9.94. The fourth-order valence-corrected chi connectivity index (χ4v) is 2.14. The number of hydrogen-bond acceptors (Lipinski definition) is 1. The molecule has 1 heterocycles. The van der Waals surface area contributed by atoms with Crippen molar-refractivity contribution in [1.29, 1.82) is 0 Å². The average Bonchev–Trinajstić information content (AvgIpc) is 1.83. The molecule has 1 aliphatic heterocycles. The van der Waals surface area contributed by atoms with E-state index in [1.165, 1.54) is 19.3 Å². The minimum atomic E-state index is 0.242. The first-order valence-corrected chi connectivity index (χ1v) is 5.00. The van der Waals surface area contributed by atoms with E-state index in [1.54, 1.807) is 0 Å². The van der Waals surface area contributed by atoms with Crippen molar-refractivity contribution in [2.75, 3.05) is 19.6 Å². The van der Waals surface area contributed by atoms with Crippen molar-refractivity contribution >= 4 is 0 Å². The van der Waals surface area contributed by atoms with Crippen LogP contribution in [0, 0.1) is 5.41 Å². The number of rotatable bonds is 1. The summed E-state index contributed by atoms with van der Waals surface area (Å²) in [7, 11) is 0. The summed E-state index contributed by atoms with van der Waals surface area (Å²) in [5.74, 6) is 0. The molecule has 0 aromatic carbocycles. The minimum absolute atomic E-state index is 0.242. The standard InChI is InChI=1S/C10H22NO/c1-10(2,3)9-11(12)7-5-4-6-8-11/h12H,4-9H2,1-3H3/q+1. The molecule has 0 spiro atoms. The van der Waals surface area contributed by atoms with Gasteiger partial charge in [-0.05, 0) is 19.3 Å². The van der Waals surface area contributed by atoms with Gasteiger partial charge >= 0.3 is 0 Å². The van der Waals surface area contributed by atoms with Crippen LogP contribution < -0.4 is 0 Å². The predicted molar refractivity (Wildman–Crippen MR) is 50.0 cm³/mol. The lowest BCUT2D eigenvalue weighted by Gasteiger charge is -2.37. The van der Waals surface area contributed by atoms with Gasteiger partial charge in [-0.2, -0.15) is 4.65 Å². The molecule has 2 nitrogen and oxygen atoms in total. The molecule has 0 radical (unpaired) electrons. The van der Waals surface area contributed by atoms with Gasteiger partial charge in [0, 0.05) is 5.41 Å². The summed E-state index contributed by atoms with van der Waals surface area (Å²) in [5.41, 5.74) is 0.242. The summed E-state index contributed by atoms with van der Waals surface area (Å²) in [6.07, 6.45) is 3.67. The number of hydroxylamine groups is 3. The molecule has 0 bridgehead atoms. The Balaban J connectivity index is 2.47. The number of nitrogens with zero attached hydrogens (tertiary/aromatic N) is 1. The van der Waals surface area contributed by atoms with Gasteiger partial charge in [0.15, 0.2) is 0 Å². The first kappa shape index (κ1) is 10.0. The van der Waals surface area contributed by atoms with Crippen LogP contribution in [0.15, 0.2) is 0 Å². The van der Waals surface area contributed by atoms with Crippen LogP contribution >= 0.6 is 0 Å². The smallest absolute Gasteiger partial charge is 0.113 e. The SMILES string of the molecule is CC(C)(C)C[N+]1(O)CCCCC1. The maximum atomic E-state index is 10.1. The molecule has 2 heteroatoms. The molecule has 0 unspecified atom stereocenters. The van der Waals surface area contributed by atoms with Gasteiger partial charge in [0.1, 0.15) is 19.6 Å². The number of hydrogen-bond donors (Lipinski definition) is 1. The Bertz CT molecular complexity index is 142. The lowest BCUT2D eigenvalue weighted by molar-refractivity contribution is -1.11. The van der Waals surface area contributed by atoms with Crippen molar-refractivity contribution < 1.29 is 9.85 Å². The average molecular weight is 172 g/mol. The van der Waals surface area contributed by atoms with E-state index >= 15 is 0 Å². The quantitative estimate of drug-likeness (QED) is 0.602. The molecule has 0 amide bonds. The zero-order valence-corrected chi connectivity index (χ0v) is 8.64. The van der Waals surface area contributed by atoms with Gasteiger partial charge in [0.2, 0.25) is 0 Å². The number of quaternary nitrogens is 1. The first-order chi connectivity index (χ1) is 5.41. The Morgan fingerprint density at radius 2 is 1.58 bits per heavy atom. The van der Waals surface area contributed by atoms with Crippen LogP contribution in [0.3, 0.4) is 0 Å². The summed E-state index contributed by atoms with van der Waals surface area (Å²) < 4.78 is 0.309. The second kappa shape index (κ2) is 3.35. The van der Waals surface area contributed by atoms with Crippen LogP contribution in [-0.4, -0.2) is 29.5 Å². The molecule has 1 rings (SSSR count). The van der Waals surface area contributed by atoms with Crippen molar-refractivity contribution in [2.45, 2.75) is 40.0 Å². The molecular weight excluding hydrogens is 150 g/mol. The molecule has 0 aromatic heterocycles. The third-order valence-electron chi connectivity index (χ3n) is 2.42. The van der Waals surface area contributed by atoms with Crippen LogP contribution in [-0.2, 0) is 0 Å². The van der Waals surface area contributed by atoms with Crippen LogP contribution in [0.1, 0.15) is 40.0 Å². The zero-order chi connectivity index (χ0) is 9.24. The normalized spacial score (nSPS) is 24.0. The van der Waals surface area contributed by atoms with Crippen molar-refractivity contribution in [3.05, 3.63) is 0 Å². The minimum Gasteiger partial charge on any atom is -0.217 e. The van der Waals surface area contributed by atoms with Gasteiger partial charge in [-0.25, -0.2) is 5.21 Å². The van der Waals surface area contributed by atoms with Crippen LogP contribution in [0.2, 0.25) is 0 Å². The highest BCUT2D eigenvalue weighted by Crippen LogP contribution is 2.23. The number of piperidine rings is 1. The van der Waals surface area contributed by atoms with E-state index in [4.69, 9.17) is 0 Å². The third kappa shape index (κ3) is 3.11. The summed E-state index contributed by atoms with van der Waals surface area (Å²) in [6, 6.07) is 0. The fraction of sp³-hybridized carbons (Fsp3) is 1.00. The zero-order valence-electron chi connectivity index (χ0n) is 8.64. The lowest BCUT2D eigenvalue weighted by Crippen LogP contribution is -2.52. The summed E-state index contributed by atoms with van der Waals surface area (Å²) in [5, 5.41) is 10.1. The molecule has 1 N–H and O–H groups in total. The van der Waals surface area contributed by atoms with Gasteiger partial charge in [0.05, 0.1) is 0 Å². The Hall–Kier alpha value is -0.0800. The van der Waals surface area contributed by atoms with Crippen LogP contribution in [0.25, 0.3) is 0 Å². The number of likely N-dealkylation sites (tertiary alicyclic amines) is 1. The Kier molecular flexibility index (Phi) is 2.79. The van der Waals surface area contributed by atoms with Gasteiger partial charge in [-0.3, -0.25) is 0 Å². The van der Waals surface area contributed by atoms with Gasteiger partial charge in [0.25, 0.3) is 0 Å². The molecule has 0 aromatic rings. The largest absolute Gasteiger partial charge is 0.217 e. The van der Waals surface area contributed by atoms with E-state index in [0.717, 1.165) is 19.6 Å². The third-order valence-corrected chi connectivity index (χ3v) is 2.42. The Morgan fingerprint density at radius 3 is 2.00 bits per heavy atom. The van der Waals surface area contributed by atoms with Gasteiger partial charge in [-0.1, -0.05) is 20.8 Å². The van der Waals surface area contributed by atoms with Crippen molar-refractivity contribution in [1.82, 2.24) is 0 Å². The maximum absolute atomic E-state index is 10.1. The van der Waals surface area contributed by atoms with Crippen molar-refractivity contribution in [3.8, 4) is 0 Å². The summed E-state index contributed by atoms with van der Waals surface area (Å²) in [6.45, 7) is 9.38. The molecule has 0 atom stereocenters. The highest BCUT2D eigenvalue weighted by atomic mass is 16.5. The van der Waals surface area contributed by atoms with E-state index in [0.29, 0.717) is 4.65 Å². The highest BCUT2D eigenvalue weighted by molar-refractivity contribution is 4.61. The Morgan fingerprint density at radius 1 is 1.08 bits per heavy atom. The second-order valence-electron chi connectivity index (χ2n) is 5.32. The maximum Gasteiger partial charge on any atom is 0.113 e. The monoisotopic (exact) mass is 172 g/mol. The highest BCUT2D eigenvalue weighted by Gasteiger charge is 2.33. The predicted octanol–water partition coefficient (Wildman–Crippen LogP) is 2.42. The van der Waals surface area contributed by atoms with Crippen molar-refractivity contribution in [3.63, 3.8) is 0 Å². The van der Waals surface area contributed by atoms with E-state index in [9.17, 15) is 5.21 Å². The topological polar surface area (TPSA) is 20.2 Å². The molecule has 0 saturated carbocycles. The van der Waals surface area contributed by atoms with Gasteiger partial charge < -0.3 is 0 Å². The first-order valence-electron chi connectivity index (χ1n) is 5.00. The van der Waals surface area contributed by atoms with Crippen LogP contribution in [0.4, 0.5) is 0 Å².